The smallest absolute Gasteiger partial charge is 0.419 e. The van der Waals surface area contributed by atoms with Crippen molar-refractivity contribution in [1.82, 2.24) is 4.90 Å². The number of nitrogens with zero attached hydrogens (tertiary/aromatic N) is 1. The van der Waals surface area contributed by atoms with Crippen LogP contribution in [0.1, 0.15) is 11.1 Å². The molecule has 0 fully saturated rings. The van der Waals surface area contributed by atoms with Gasteiger partial charge < -0.3 is 15.4 Å². The summed E-state index contributed by atoms with van der Waals surface area (Å²) in [4.78, 5) is 12.4. The molecule has 0 spiro atoms. The van der Waals surface area contributed by atoms with Crippen molar-refractivity contribution in [2.24, 2.45) is 5.73 Å². The lowest BCUT2D eigenvalue weighted by atomic mass is 10.1. The van der Waals surface area contributed by atoms with Gasteiger partial charge in [-0.3, -0.25) is 4.79 Å². The summed E-state index contributed by atoms with van der Waals surface area (Å²) in [6.07, 6.45) is -4.63. The summed E-state index contributed by atoms with van der Waals surface area (Å²) in [5, 5.41) is 0. The highest BCUT2D eigenvalue weighted by Crippen LogP contribution is 2.36. The maximum atomic E-state index is 12.9. The highest BCUT2D eigenvalue weighted by molar-refractivity contribution is 7.80. The summed E-state index contributed by atoms with van der Waals surface area (Å²) in [5.41, 5.74) is 4.36. The first-order valence-corrected chi connectivity index (χ1v) is 5.87. The van der Waals surface area contributed by atoms with E-state index in [1.165, 1.54) is 25.1 Å². The van der Waals surface area contributed by atoms with Gasteiger partial charge in [0.15, 0.2) is 6.61 Å². The van der Waals surface area contributed by atoms with Crippen molar-refractivity contribution in [3.63, 3.8) is 0 Å². The fourth-order valence-corrected chi connectivity index (χ4v) is 1.43. The first-order chi connectivity index (χ1) is 9.12. The topological polar surface area (TPSA) is 55.6 Å². The molecule has 1 amide bonds. The van der Waals surface area contributed by atoms with Gasteiger partial charge in [0.25, 0.3) is 5.91 Å². The van der Waals surface area contributed by atoms with E-state index >= 15 is 0 Å². The number of ether oxygens (including phenoxy) is 1. The maximum Gasteiger partial charge on any atom is 0.419 e. The lowest BCUT2D eigenvalue weighted by molar-refractivity contribution is -0.140. The van der Waals surface area contributed by atoms with Crippen LogP contribution >= 0.6 is 12.2 Å². The number of benzene rings is 1. The minimum atomic E-state index is -4.63. The lowest BCUT2D eigenvalue weighted by Gasteiger charge is -2.16. The second kappa shape index (κ2) is 6.08. The van der Waals surface area contributed by atoms with Crippen molar-refractivity contribution in [3.05, 3.63) is 29.3 Å². The standard InChI is InChI=1S/C12H13F3N2O2S/c1-17(2)10(18)6-19-9-4-3-7(11(16)20)5-8(9)12(13,14)15/h3-5H,6H2,1-2H3,(H2,16,20). The van der Waals surface area contributed by atoms with Crippen molar-refractivity contribution < 1.29 is 22.7 Å². The van der Waals surface area contributed by atoms with Gasteiger partial charge in [-0.15, -0.1) is 0 Å². The molecule has 1 aromatic rings. The minimum Gasteiger partial charge on any atom is -0.483 e. The molecular weight excluding hydrogens is 293 g/mol. The van der Waals surface area contributed by atoms with Crippen molar-refractivity contribution >= 4 is 23.1 Å². The fourth-order valence-electron chi connectivity index (χ4n) is 1.30. The summed E-state index contributed by atoms with van der Waals surface area (Å²) >= 11 is 4.64. The van der Waals surface area contributed by atoms with Crippen LogP contribution in [-0.4, -0.2) is 36.5 Å². The Balaban J connectivity index is 3.07. The van der Waals surface area contributed by atoms with E-state index in [0.29, 0.717) is 0 Å². The Labute approximate surface area is 119 Å². The number of carbonyl (C=O) groups excluding carboxylic acids is 1. The van der Waals surface area contributed by atoms with Gasteiger partial charge in [-0.25, -0.2) is 0 Å². The van der Waals surface area contributed by atoms with Gasteiger partial charge in [-0.1, -0.05) is 12.2 Å². The minimum absolute atomic E-state index is 0.0820. The normalized spacial score (nSPS) is 11.1. The third-order valence-electron chi connectivity index (χ3n) is 2.42. The molecule has 2 N–H and O–H groups in total. The van der Waals surface area contributed by atoms with Gasteiger partial charge in [-0.05, 0) is 18.2 Å². The van der Waals surface area contributed by atoms with Gasteiger partial charge in [0.05, 0.1) is 5.56 Å². The van der Waals surface area contributed by atoms with Gasteiger partial charge >= 0.3 is 6.18 Å². The van der Waals surface area contributed by atoms with Crippen LogP contribution in [0.15, 0.2) is 18.2 Å². The molecular formula is C12H13F3N2O2S. The quantitative estimate of drug-likeness (QED) is 0.862. The zero-order valence-electron chi connectivity index (χ0n) is 10.8. The molecule has 0 heterocycles. The van der Waals surface area contributed by atoms with Gasteiger partial charge in [-0.2, -0.15) is 13.2 Å². The van der Waals surface area contributed by atoms with Crippen molar-refractivity contribution in [1.29, 1.82) is 0 Å². The highest BCUT2D eigenvalue weighted by Gasteiger charge is 2.35. The predicted octanol–water partition coefficient (Wildman–Crippen LogP) is 1.81. The Bertz CT molecular complexity index is 530. The molecule has 0 saturated heterocycles. The number of likely N-dealkylation sites (N-methyl/N-ethyl adjacent to an activating group) is 1. The average Bonchev–Trinajstić information content (AvgIpc) is 2.34. The molecule has 20 heavy (non-hydrogen) atoms. The van der Waals surface area contributed by atoms with Crippen molar-refractivity contribution in [2.45, 2.75) is 6.18 Å². The second-order valence-corrected chi connectivity index (χ2v) is 4.59. The molecule has 0 bridgehead atoms. The predicted molar refractivity (Wildman–Crippen MR) is 71.5 cm³/mol. The molecule has 1 aromatic carbocycles. The van der Waals surface area contributed by atoms with Crippen LogP contribution in [0.2, 0.25) is 0 Å². The molecule has 0 saturated carbocycles. The Hall–Kier alpha value is -1.83. The molecule has 8 heteroatoms. The van der Waals surface area contributed by atoms with E-state index in [-0.39, 0.29) is 10.6 Å². The van der Waals surface area contributed by atoms with E-state index < -0.39 is 30.0 Å². The number of hydrogen-bond acceptors (Lipinski definition) is 3. The third-order valence-corrected chi connectivity index (χ3v) is 2.66. The second-order valence-electron chi connectivity index (χ2n) is 4.15. The zero-order chi connectivity index (χ0) is 15.5. The number of thiocarbonyl (C=S) groups is 1. The van der Waals surface area contributed by atoms with Crippen LogP contribution < -0.4 is 10.5 Å². The molecule has 4 nitrogen and oxygen atoms in total. The van der Waals surface area contributed by atoms with E-state index in [1.807, 2.05) is 0 Å². The van der Waals surface area contributed by atoms with E-state index in [1.54, 1.807) is 0 Å². The molecule has 0 aliphatic rings. The van der Waals surface area contributed by atoms with Crippen molar-refractivity contribution in [2.75, 3.05) is 20.7 Å². The number of hydrogen-bond donors (Lipinski definition) is 1. The largest absolute Gasteiger partial charge is 0.483 e. The first kappa shape index (κ1) is 16.2. The van der Waals surface area contributed by atoms with Crippen LogP contribution in [0.4, 0.5) is 13.2 Å². The molecule has 0 atom stereocenters. The Morgan fingerprint density at radius 2 is 2.00 bits per heavy atom. The number of nitrogens with two attached hydrogens (primary N) is 1. The van der Waals surface area contributed by atoms with E-state index in [9.17, 15) is 18.0 Å². The van der Waals surface area contributed by atoms with Crippen LogP contribution in [0.3, 0.4) is 0 Å². The van der Waals surface area contributed by atoms with Crippen molar-refractivity contribution in [3.8, 4) is 5.75 Å². The summed E-state index contributed by atoms with van der Waals surface area (Å²) in [5.74, 6) is -0.885. The third kappa shape index (κ3) is 4.09. The average molecular weight is 306 g/mol. The van der Waals surface area contributed by atoms with Gasteiger partial charge in [0.1, 0.15) is 10.7 Å². The molecule has 0 aliphatic carbocycles. The van der Waals surface area contributed by atoms with Crippen LogP contribution in [-0.2, 0) is 11.0 Å². The molecule has 0 unspecified atom stereocenters. The number of carbonyl (C=O) groups is 1. The molecule has 0 radical (unpaired) electrons. The first-order valence-electron chi connectivity index (χ1n) is 5.47. The maximum absolute atomic E-state index is 12.9. The summed E-state index contributed by atoms with van der Waals surface area (Å²) in [6, 6.07) is 3.21. The molecule has 0 aliphatic heterocycles. The number of alkyl halides is 3. The van der Waals surface area contributed by atoms with Crippen LogP contribution in [0, 0.1) is 0 Å². The summed E-state index contributed by atoms with van der Waals surface area (Å²) < 4.78 is 43.7. The summed E-state index contributed by atoms with van der Waals surface area (Å²) in [6.45, 7) is -0.484. The number of halogens is 3. The van der Waals surface area contributed by atoms with Crippen LogP contribution in [0.5, 0.6) is 5.75 Å². The SMILES string of the molecule is CN(C)C(=O)COc1ccc(C(N)=S)cc1C(F)(F)F. The number of rotatable bonds is 4. The van der Waals surface area contributed by atoms with E-state index in [2.05, 4.69) is 12.2 Å². The summed E-state index contributed by atoms with van der Waals surface area (Å²) in [7, 11) is 2.96. The van der Waals surface area contributed by atoms with Crippen LogP contribution in [0.25, 0.3) is 0 Å². The monoisotopic (exact) mass is 306 g/mol. The van der Waals surface area contributed by atoms with E-state index in [4.69, 9.17) is 10.5 Å². The fraction of sp³-hybridized carbons (Fsp3) is 0.333. The van der Waals surface area contributed by atoms with Gasteiger partial charge in [0.2, 0.25) is 0 Å². The Morgan fingerprint density at radius 1 is 1.40 bits per heavy atom. The Morgan fingerprint density at radius 3 is 2.45 bits per heavy atom. The lowest BCUT2D eigenvalue weighted by Crippen LogP contribution is -2.28. The molecule has 110 valence electrons. The Kier molecular flexibility index (Phi) is 4.93. The van der Waals surface area contributed by atoms with Gasteiger partial charge in [0, 0.05) is 19.7 Å². The molecule has 0 aromatic heterocycles. The highest BCUT2D eigenvalue weighted by atomic mass is 32.1. The molecule has 1 rings (SSSR count). The number of amides is 1. The zero-order valence-corrected chi connectivity index (χ0v) is 11.6. The van der Waals surface area contributed by atoms with E-state index in [0.717, 1.165) is 12.1 Å².